The maximum absolute atomic E-state index is 2.51. The quantitative estimate of drug-likeness (QED) is 0.186. The number of unbranched alkanes of at least 4 members (excludes halogenated alkanes) is 12. The Bertz CT molecular complexity index is 206. The van der Waals surface area contributed by atoms with Crippen LogP contribution < -0.4 is 0 Å². The van der Waals surface area contributed by atoms with Crippen LogP contribution >= 0.6 is 0 Å². The van der Waals surface area contributed by atoms with Gasteiger partial charge in [0.15, 0.2) is 0 Å². The molecule has 0 atom stereocenters. The van der Waals surface area contributed by atoms with Gasteiger partial charge in [-0.1, -0.05) is 109 Å². The molecule has 132 valence electrons. The smallest absolute Gasteiger partial charge is 0.0320 e. The minimum Gasteiger partial charge on any atom is -0.0856 e. The summed E-state index contributed by atoms with van der Waals surface area (Å²) < 4.78 is 0. The molecule has 0 aliphatic rings. The van der Waals surface area contributed by atoms with Crippen LogP contribution in [0.3, 0.4) is 0 Å². The van der Waals surface area contributed by atoms with E-state index in [1.165, 1.54) is 109 Å². The first-order valence-corrected chi connectivity index (χ1v) is 10.5. The third-order valence-corrected chi connectivity index (χ3v) is 4.70. The van der Waals surface area contributed by atoms with E-state index in [9.17, 15) is 0 Å². The van der Waals surface area contributed by atoms with Crippen molar-refractivity contribution in [2.24, 2.45) is 0 Å². The van der Waals surface area contributed by atoms with Crippen molar-refractivity contribution >= 4 is 0 Å². The molecule has 0 aliphatic carbocycles. The molecule has 0 aromatic rings. The third kappa shape index (κ3) is 16.1. The highest BCUT2D eigenvalue weighted by Crippen LogP contribution is 2.19. The highest BCUT2D eigenvalue weighted by molar-refractivity contribution is 5.01. The lowest BCUT2D eigenvalue weighted by Crippen LogP contribution is -1.88. The maximum Gasteiger partial charge on any atom is -0.0320 e. The summed E-state index contributed by atoms with van der Waals surface area (Å²) >= 11 is 0. The van der Waals surface area contributed by atoms with Gasteiger partial charge in [0.1, 0.15) is 0 Å². The molecule has 0 amide bonds. The first-order chi connectivity index (χ1) is 10.8. The molecule has 0 saturated carbocycles. The Morgan fingerprint density at radius 3 is 1.23 bits per heavy atom. The third-order valence-electron chi connectivity index (χ3n) is 4.70. The lowest BCUT2D eigenvalue weighted by atomic mass is 9.98. The summed E-state index contributed by atoms with van der Waals surface area (Å²) in [6.45, 7) is 6.88. The summed E-state index contributed by atoms with van der Waals surface area (Å²) in [6.07, 6.45) is 26.5. The van der Waals surface area contributed by atoms with E-state index in [0.29, 0.717) is 0 Å². The molecule has 0 aromatic carbocycles. The Morgan fingerprint density at radius 1 is 0.500 bits per heavy atom. The Kier molecular flexibility index (Phi) is 18.6. The number of rotatable bonds is 17. The van der Waals surface area contributed by atoms with Gasteiger partial charge in [0.25, 0.3) is 0 Å². The van der Waals surface area contributed by atoms with E-state index in [0.717, 1.165) is 0 Å². The molecule has 0 spiro atoms. The van der Waals surface area contributed by atoms with Crippen molar-refractivity contribution in [1.29, 1.82) is 0 Å². The van der Waals surface area contributed by atoms with Crippen LogP contribution in [0.15, 0.2) is 11.6 Å². The fraction of sp³-hybridized carbons (Fsp3) is 0.909. The standard InChI is InChI=1S/C22H44/c1-4-7-9-11-13-15-17-20-22(19-6-3)21-18-16-14-12-10-8-5-2/h19H,4-18,20-21H2,1-3H3. The van der Waals surface area contributed by atoms with Crippen LogP contribution in [-0.2, 0) is 0 Å². The van der Waals surface area contributed by atoms with E-state index in [4.69, 9.17) is 0 Å². The van der Waals surface area contributed by atoms with Gasteiger partial charge in [0.05, 0.1) is 0 Å². The second kappa shape index (κ2) is 18.8. The minimum absolute atomic E-state index is 1.22. The Hall–Kier alpha value is -0.260. The largest absolute Gasteiger partial charge is 0.0856 e. The van der Waals surface area contributed by atoms with Crippen LogP contribution in [0.5, 0.6) is 0 Å². The normalized spacial score (nSPS) is 10.9. The van der Waals surface area contributed by atoms with Gasteiger partial charge in [-0.2, -0.15) is 0 Å². The van der Waals surface area contributed by atoms with Crippen molar-refractivity contribution in [2.45, 2.75) is 130 Å². The average Bonchev–Trinajstić information content (AvgIpc) is 2.53. The summed E-state index contributed by atoms with van der Waals surface area (Å²) in [5.74, 6) is 0. The van der Waals surface area contributed by atoms with Gasteiger partial charge in [-0.3, -0.25) is 0 Å². The van der Waals surface area contributed by atoms with Crippen molar-refractivity contribution in [3.8, 4) is 0 Å². The number of allylic oxidation sites excluding steroid dienone is 2. The van der Waals surface area contributed by atoms with Gasteiger partial charge in [-0.25, -0.2) is 0 Å². The lowest BCUT2D eigenvalue weighted by molar-refractivity contribution is 0.570. The molecule has 0 aromatic heterocycles. The molecule has 0 bridgehead atoms. The van der Waals surface area contributed by atoms with E-state index < -0.39 is 0 Å². The monoisotopic (exact) mass is 308 g/mol. The number of hydrogen-bond acceptors (Lipinski definition) is 0. The van der Waals surface area contributed by atoms with Crippen molar-refractivity contribution in [3.05, 3.63) is 11.6 Å². The molecule has 0 aliphatic heterocycles. The van der Waals surface area contributed by atoms with E-state index in [1.54, 1.807) is 5.57 Å². The van der Waals surface area contributed by atoms with Crippen LogP contribution in [-0.4, -0.2) is 0 Å². The summed E-state index contributed by atoms with van der Waals surface area (Å²) in [4.78, 5) is 0. The molecule has 0 heterocycles. The Balaban J connectivity index is 3.51. The number of hydrogen-bond donors (Lipinski definition) is 0. The van der Waals surface area contributed by atoms with Crippen molar-refractivity contribution in [3.63, 3.8) is 0 Å². The average molecular weight is 309 g/mol. The molecular formula is C22H44. The van der Waals surface area contributed by atoms with Crippen molar-refractivity contribution in [2.75, 3.05) is 0 Å². The summed E-state index contributed by atoms with van der Waals surface area (Å²) in [5.41, 5.74) is 1.75. The Labute approximate surface area is 142 Å². The molecule has 0 fully saturated rings. The van der Waals surface area contributed by atoms with Crippen molar-refractivity contribution in [1.82, 2.24) is 0 Å². The fourth-order valence-electron chi connectivity index (χ4n) is 3.24. The zero-order valence-electron chi connectivity index (χ0n) is 16.1. The van der Waals surface area contributed by atoms with Gasteiger partial charge in [-0.15, -0.1) is 0 Å². The van der Waals surface area contributed by atoms with Gasteiger partial charge in [0.2, 0.25) is 0 Å². The molecule has 22 heavy (non-hydrogen) atoms. The lowest BCUT2D eigenvalue weighted by Gasteiger charge is -2.08. The van der Waals surface area contributed by atoms with E-state index in [-0.39, 0.29) is 0 Å². The predicted octanol–water partition coefficient (Wildman–Crippen LogP) is 8.60. The summed E-state index contributed by atoms with van der Waals surface area (Å²) in [7, 11) is 0. The zero-order chi connectivity index (χ0) is 16.3. The highest BCUT2D eigenvalue weighted by atomic mass is 14.1. The molecule has 0 rings (SSSR count). The van der Waals surface area contributed by atoms with Crippen LogP contribution in [0.4, 0.5) is 0 Å². The van der Waals surface area contributed by atoms with E-state index >= 15 is 0 Å². The van der Waals surface area contributed by atoms with Gasteiger partial charge >= 0.3 is 0 Å². The first-order valence-electron chi connectivity index (χ1n) is 10.5. The van der Waals surface area contributed by atoms with Crippen LogP contribution in [0.2, 0.25) is 0 Å². The zero-order valence-corrected chi connectivity index (χ0v) is 16.1. The second-order valence-electron chi connectivity index (χ2n) is 7.01. The van der Waals surface area contributed by atoms with E-state index in [2.05, 4.69) is 26.8 Å². The SMILES string of the molecule is CCC=C(CCCCCCCCC)CCCCCCCCC. The topological polar surface area (TPSA) is 0 Å². The molecule has 0 unspecified atom stereocenters. The molecule has 0 saturated heterocycles. The fourth-order valence-corrected chi connectivity index (χ4v) is 3.24. The van der Waals surface area contributed by atoms with E-state index in [1.807, 2.05) is 0 Å². The van der Waals surface area contributed by atoms with Crippen molar-refractivity contribution < 1.29 is 0 Å². The predicted molar refractivity (Wildman–Crippen MR) is 104 cm³/mol. The van der Waals surface area contributed by atoms with Crippen LogP contribution in [0, 0.1) is 0 Å². The second-order valence-corrected chi connectivity index (χ2v) is 7.01. The van der Waals surface area contributed by atoms with Crippen LogP contribution in [0.25, 0.3) is 0 Å². The molecular weight excluding hydrogens is 264 g/mol. The molecule has 0 radical (unpaired) electrons. The summed E-state index contributed by atoms with van der Waals surface area (Å²) in [5, 5.41) is 0. The maximum atomic E-state index is 2.51. The van der Waals surface area contributed by atoms with Gasteiger partial charge in [0, 0.05) is 0 Å². The van der Waals surface area contributed by atoms with Gasteiger partial charge < -0.3 is 0 Å². The molecule has 0 N–H and O–H groups in total. The highest BCUT2D eigenvalue weighted by Gasteiger charge is 1.99. The first kappa shape index (κ1) is 21.7. The minimum atomic E-state index is 1.22. The molecule has 0 nitrogen and oxygen atoms in total. The molecule has 0 heteroatoms. The Morgan fingerprint density at radius 2 is 0.864 bits per heavy atom. The summed E-state index contributed by atoms with van der Waals surface area (Å²) in [6, 6.07) is 0. The van der Waals surface area contributed by atoms with Gasteiger partial charge in [-0.05, 0) is 32.1 Å². The van der Waals surface area contributed by atoms with Crippen LogP contribution in [0.1, 0.15) is 130 Å².